The summed E-state index contributed by atoms with van der Waals surface area (Å²) >= 11 is 0. The predicted octanol–water partition coefficient (Wildman–Crippen LogP) is 2.29. The van der Waals surface area contributed by atoms with Crippen molar-refractivity contribution in [2.45, 2.75) is 76.6 Å². The van der Waals surface area contributed by atoms with E-state index in [9.17, 15) is 8.42 Å². The van der Waals surface area contributed by atoms with Crippen LogP contribution >= 0.6 is 0 Å². The zero-order valence-electron chi connectivity index (χ0n) is 15.5. The molecule has 2 heterocycles. The zero-order chi connectivity index (χ0) is 18.1. The highest BCUT2D eigenvalue weighted by atomic mass is 32.2. The Morgan fingerprint density at radius 2 is 1.62 bits per heavy atom. The molecular weight excluding hydrogens is 325 g/mol. The molecule has 0 atom stereocenters. The highest BCUT2D eigenvalue weighted by Gasteiger charge is 2.52. The Bertz CT molecular complexity index is 764. The van der Waals surface area contributed by atoms with Crippen molar-refractivity contribution >= 4 is 22.6 Å². The lowest BCUT2D eigenvalue weighted by molar-refractivity contribution is 0.00578. The van der Waals surface area contributed by atoms with E-state index in [0.717, 1.165) is 11.0 Å². The molecule has 132 valence electrons. The van der Waals surface area contributed by atoms with Crippen molar-refractivity contribution in [1.82, 2.24) is 4.31 Å². The Morgan fingerprint density at radius 1 is 1.08 bits per heavy atom. The Kier molecular flexibility index (Phi) is 3.78. The van der Waals surface area contributed by atoms with Crippen molar-refractivity contribution in [3.8, 4) is 0 Å². The molecule has 5 nitrogen and oxygen atoms in total. The highest BCUT2D eigenvalue weighted by molar-refractivity contribution is 7.89. The Morgan fingerprint density at radius 3 is 2.12 bits per heavy atom. The van der Waals surface area contributed by atoms with Gasteiger partial charge in [0.15, 0.2) is 0 Å². The molecule has 0 saturated carbocycles. The summed E-state index contributed by atoms with van der Waals surface area (Å²) in [4.78, 5) is 0.387. The fourth-order valence-electron chi connectivity index (χ4n) is 3.06. The second-order valence-electron chi connectivity index (χ2n) is 8.64. The molecule has 0 unspecified atom stereocenters. The Labute approximate surface area is 145 Å². The van der Waals surface area contributed by atoms with Gasteiger partial charge in [0, 0.05) is 12.1 Å². The lowest BCUT2D eigenvalue weighted by atomic mass is 9.78. The number of hydrogen-bond donors (Lipinski definition) is 0. The van der Waals surface area contributed by atoms with E-state index in [1.807, 2.05) is 54.5 Å². The molecule has 0 aromatic heterocycles. The minimum absolute atomic E-state index is 0.383. The molecule has 0 amide bonds. The minimum atomic E-state index is -3.44. The second-order valence-corrected chi connectivity index (χ2v) is 10.5. The largest absolute Gasteiger partial charge is 0.494 e. The fourth-order valence-corrected chi connectivity index (χ4v) is 5.02. The Hall–Kier alpha value is -0.885. The van der Waals surface area contributed by atoms with Gasteiger partial charge < -0.3 is 9.31 Å². The van der Waals surface area contributed by atoms with E-state index >= 15 is 0 Å². The van der Waals surface area contributed by atoms with Crippen molar-refractivity contribution in [3.63, 3.8) is 0 Å². The maximum absolute atomic E-state index is 12.7. The number of fused-ring (bicyclic) bond motifs is 1. The van der Waals surface area contributed by atoms with Gasteiger partial charge in [-0.1, -0.05) is 12.1 Å². The first-order valence-corrected chi connectivity index (χ1v) is 9.71. The summed E-state index contributed by atoms with van der Waals surface area (Å²) < 4.78 is 39.1. The van der Waals surface area contributed by atoms with E-state index in [0.29, 0.717) is 11.4 Å². The molecule has 1 saturated heterocycles. The van der Waals surface area contributed by atoms with Crippen molar-refractivity contribution in [1.29, 1.82) is 0 Å². The molecule has 7 heteroatoms. The van der Waals surface area contributed by atoms with Gasteiger partial charge in [-0.3, -0.25) is 0 Å². The molecule has 0 N–H and O–H groups in total. The number of nitrogens with zero attached hydrogens (tertiary/aromatic N) is 1. The molecule has 1 fully saturated rings. The lowest BCUT2D eigenvalue weighted by Gasteiger charge is -2.32. The van der Waals surface area contributed by atoms with Crippen LogP contribution in [0.1, 0.15) is 54.0 Å². The monoisotopic (exact) mass is 351 g/mol. The first-order valence-electron chi connectivity index (χ1n) is 8.27. The highest BCUT2D eigenvalue weighted by Crippen LogP contribution is 2.38. The van der Waals surface area contributed by atoms with Gasteiger partial charge in [-0.2, -0.15) is 4.31 Å². The first-order chi connectivity index (χ1) is 10.8. The summed E-state index contributed by atoms with van der Waals surface area (Å²) in [6.07, 6.45) is 0. The van der Waals surface area contributed by atoms with Crippen LogP contribution in [0.15, 0.2) is 23.1 Å². The van der Waals surface area contributed by atoms with Crippen molar-refractivity contribution < 1.29 is 17.7 Å². The van der Waals surface area contributed by atoms with Crippen LogP contribution < -0.4 is 5.46 Å². The van der Waals surface area contributed by atoms with E-state index in [1.165, 1.54) is 0 Å². The molecule has 1 aromatic carbocycles. The average molecular weight is 351 g/mol. The first kappa shape index (κ1) is 17.9. The van der Waals surface area contributed by atoms with Crippen LogP contribution in [0.2, 0.25) is 0 Å². The maximum Gasteiger partial charge on any atom is 0.494 e. The SMILES string of the molecule is CC(C)(C)N1Cc2cc(B3OC(C)(C)C(C)(C)O3)ccc2S1(=O)=O. The number of hydrogen-bond acceptors (Lipinski definition) is 4. The van der Waals surface area contributed by atoms with Gasteiger partial charge in [-0.05, 0) is 65.6 Å². The van der Waals surface area contributed by atoms with Gasteiger partial charge in [0.1, 0.15) is 0 Å². The van der Waals surface area contributed by atoms with Crippen LogP contribution in [-0.4, -0.2) is 36.6 Å². The van der Waals surface area contributed by atoms with Crippen LogP contribution in [-0.2, 0) is 25.9 Å². The summed E-state index contributed by atoms with van der Waals surface area (Å²) in [6, 6.07) is 5.38. The molecule has 3 rings (SSSR count). The van der Waals surface area contributed by atoms with Crippen LogP contribution in [0.5, 0.6) is 0 Å². The van der Waals surface area contributed by atoms with E-state index in [2.05, 4.69) is 0 Å². The zero-order valence-corrected chi connectivity index (χ0v) is 16.3. The molecular formula is C17H26BNO4S. The van der Waals surface area contributed by atoms with Crippen molar-refractivity contribution in [2.75, 3.05) is 0 Å². The van der Waals surface area contributed by atoms with Crippen LogP contribution in [0.25, 0.3) is 0 Å². The van der Waals surface area contributed by atoms with Gasteiger partial charge in [-0.15, -0.1) is 0 Å². The molecule has 2 aliphatic heterocycles. The molecule has 2 aliphatic rings. The molecule has 0 spiro atoms. The van der Waals surface area contributed by atoms with Gasteiger partial charge >= 0.3 is 7.12 Å². The van der Waals surface area contributed by atoms with Crippen LogP contribution in [0, 0.1) is 0 Å². The fraction of sp³-hybridized carbons (Fsp3) is 0.647. The van der Waals surface area contributed by atoms with Gasteiger partial charge in [0.2, 0.25) is 10.0 Å². The van der Waals surface area contributed by atoms with E-state index < -0.39 is 33.9 Å². The topological polar surface area (TPSA) is 55.8 Å². The summed E-state index contributed by atoms with van der Waals surface area (Å²) in [5, 5.41) is 0. The van der Waals surface area contributed by atoms with E-state index in [4.69, 9.17) is 9.31 Å². The molecule has 0 bridgehead atoms. The summed E-state index contributed by atoms with van der Waals surface area (Å²) in [6.45, 7) is 14.1. The second kappa shape index (κ2) is 5.07. The summed E-state index contributed by atoms with van der Waals surface area (Å²) in [7, 11) is -3.92. The molecule has 0 aliphatic carbocycles. The molecule has 24 heavy (non-hydrogen) atoms. The average Bonchev–Trinajstić information content (AvgIpc) is 2.80. The third-order valence-corrected chi connectivity index (χ3v) is 7.45. The Balaban J connectivity index is 1.97. The molecule has 1 aromatic rings. The third kappa shape index (κ3) is 2.62. The lowest BCUT2D eigenvalue weighted by Crippen LogP contribution is -2.41. The van der Waals surface area contributed by atoms with E-state index in [1.54, 1.807) is 16.4 Å². The standard InChI is InChI=1S/C17H26BNO4S/c1-15(2,3)19-11-12-10-13(8-9-14(12)24(19,20)21)18-22-16(4,5)17(6,7)23-18/h8-10H,11H2,1-7H3. The smallest absolute Gasteiger partial charge is 0.399 e. The summed E-state index contributed by atoms with van der Waals surface area (Å²) in [5.41, 5.74) is 0.374. The number of rotatable bonds is 1. The van der Waals surface area contributed by atoms with Crippen molar-refractivity contribution in [3.05, 3.63) is 23.8 Å². The van der Waals surface area contributed by atoms with Crippen LogP contribution in [0.3, 0.4) is 0 Å². The minimum Gasteiger partial charge on any atom is -0.399 e. The van der Waals surface area contributed by atoms with Crippen molar-refractivity contribution in [2.24, 2.45) is 0 Å². The van der Waals surface area contributed by atoms with Crippen LogP contribution in [0.4, 0.5) is 0 Å². The van der Waals surface area contributed by atoms with Gasteiger partial charge in [0.25, 0.3) is 0 Å². The number of sulfonamides is 1. The summed E-state index contributed by atoms with van der Waals surface area (Å²) in [5.74, 6) is 0. The third-order valence-electron chi connectivity index (χ3n) is 5.24. The molecule has 0 radical (unpaired) electrons. The number of benzene rings is 1. The maximum atomic E-state index is 12.7. The van der Waals surface area contributed by atoms with Gasteiger partial charge in [-0.25, -0.2) is 8.42 Å². The normalized spacial score (nSPS) is 25.0. The van der Waals surface area contributed by atoms with E-state index in [-0.39, 0.29) is 0 Å². The van der Waals surface area contributed by atoms with Gasteiger partial charge in [0.05, 0.1) is 16.1 Å². The quantitative estimate of drug-likeness (QED) is 0.729. The predicted molar refractivity (Wildman–Crippen MR) is 94.6 cm³/mol.